The fourth-order valence-electron chi connectivity index (χ4n) is 3.27. The standard InChI is InChI=1S/C16H25N3OS/c1-11(2)18-5-7-19(8-6-18)15-17-12-9-16(3,4)10-13(20)14(12)21-15/h11H,5-10H2,1-4H3. The van der Waals surface area contributed by atoms with Crippen molar-refractivity contribution in [2.45, 2.75) is 46.6 Å². The van der Waals surface area contributed by atoms with E-state index in [-0.39, 0.29) is 11.2 Å². The first-order valence-corrected chi connectivity index (χ1v) is 8.69. The quantitative estimate of drug-likeness (QED) is 0.842. The molecule has 0 unspecified atom stereocenters. The first kappa shape index (κ1) is 15.0. The summed E-state index contributed by atoms with van der Waals surface area (Å²) in [6.45, 7) is 13.0. The van der Waals surface area contributed by atoms with Crippen LogP contribution in [0.5, 0.6) is 0 Å². The summed E-state index contributed by atoms with van der Waals surface area (Å²) in [5.41, 5.74) is 1.09. The molecule has 5 heteroatoms. The zero-order chi connectivity index (χ0) is 15.2. The van der Waals surface area contributed by atoms with Gasteiger partial charge in [0.15, 0.2) is 10.9 Å². The summed E-state index contributed by atoms with van der Waals surface area (Å²) in [6.07, 6.45) is 1.58. The van der Waals surface area contributed by atoms with Gasteiger partial charge in [-0.1, -0.05) is 25.2 Å². The zero-order valence-electron chi connectivity index (χ0n) is 13.5. The van der Waals surface area contributed by atoms with E-state index in [0.29, 0.717) is 12.5 Å². The predicted octanol–water partition coefficient (Wildman–Crippen LogP) is 2.83. The number of piperazine rings is 1. The molecule has 3 rings (SSSR count). The maximum absolute atomic E-state index is 12.3. The summed E-state index contributed by atoms with van der Waals surface area (Å²) in [7, 11) is 0. The molecule has 21 heavy (non-hydrogen) atoms. The second-order valence-corrected chi connectivity index (χ2v) is 8.31. The number of fused-ring (bicyclic) bond motifs is 1. The van der Waals surface area contributed by atoms with Crippen LogP contribution in [-0.2, 0) is 6.42 Å². The highest BCUT2D eigenvalue weighted by Gasteiger charge is 2.34. The van der Waals surface area contributed by atoms with Gasteiger partial charge < -0.3 is 4.90 Å². The fourth-order valence-corrected chi connectivity index (χ4v) is 4.34. The third kappa shape index (κ3) is 2.99. The molecule has 1 fully saturated rings. The molecule has 0 atom stereocenters. The third-order valence-electron chi connectivity index (χ3n) is 4.54. The van der Waals surface area contributed by atoms with Crippen molar-refractivity contribution in [3.63, 3.8) is 0 Å². The molecule has 116 valence electrons. The highest BCUT2D eigenvalue weighted by molar-refractivity contribution is 7.17. The number of Topliss-reactive ketones (excluding diaryl/α,β-unsaturated/α-hetero) is 1. The Labute approximate surface area is 131 Å². The number of hydrogen-bond acceptors (Lipinski definition) is 5. The Balaban J connectivity index is 1.76. The van der Waals surface area contributed by atoms with E-state index in [1.54, 1.807) is 11.3 Å². The number of carbonyl (C=O) groups excluding carboxylic acids is 1. The van der Waals surface area contributed by atoms with E-state index >= 15 is 0 Å². The summed E-state index contributed by atoms with van der Waals surface area (Å²) in [6, 6.07) is 0.610. The van der Waals surface area contributed by atoms with Gasteiger partial charge in [-0.25, -0.2) is 4.98 Å². The SMILES string of the molecule is CC(C)N1CCN(c2nc3c(s2)C(=O)CC(C)(C)C3)CC1. The smallest absolute Gasteiger partial charge is 0.186 e. The van der Waals surface area contributed by atoms with E-state index < -0.39 is 0 Å². The number of rotatable bonds is 2. The largest absolute Gasteiger partial charge is 0.346 e. The second kappa shape index (κ2) is 5.36. The molecule has 0 spiro atoms. The lowest BCUT2D eigenvalue weighted by Crippen LogP contribution is -2.48. The number of thiazole rings is 1. The maximum atomic E-state index is 12.3. The number of carbonyl (C=O) groups is 1. The van der Waals surface area contributed by atoms with E-state index in [9.17, 15) is 4.79 Å². The lowest BCUT2D eigenvalue weighted by atomic mass is 9.78. The van der Waals surface area contributed by atoms with Gasteiger partial charge in [0.2, 0.25) is 0 Å². The fraction of sp³-hybridized carbons (Fsp3) is 0.750. The third-order valence-corrected chi connectivity index (χ3v) is 5.74. The molecule has 1 aliphatic heterocycles. The molecular weight excluding hydrogens is 282 g/mol. The Morgan fingerprint density at radius 1 is 1.14 bits per heavy atom. The summed E-state index contributed by atoms with van der Waals surface area (Å²) in [5, 5.41) is 1.05. The van der Waals surface area contributed by atoms with Crippen LogP contribution in [0, 0.1) is 5.41 Å². The van der Waals surface area contributed by atoms with Gasteiger partial charge in [0.25, 0.3) is 0 Å². The Bertz CT molecular complexity index is 542. The molecule has 2 aliphatic rings. The van der Waals surface area contributed by atoms with Crippen molar-refractivity contribution >= 4 is 22.3 Å². The summed E-state index contributed by atoms with van der Waals surface area (Å²) in [4.78, 5) is 22.8. The predicted molar refractivity (Wildman–Crippen MR) is 87.5 cm³/mol. The number of nitrogens with zero attached hydrogens (tertiary/aromatic N) is 3. The van der Waals surface area contributed by atoms with Crippen LogP contribution >= 0.6 is 11.3 Å². The van der Waals surface area contributed by atoms with Crippen LogP contribution in [0.4, 0.5) is 5.13 Å². The Morgan fingerprint density at radius 3 is 2.43 bits per heavy atom. The van der Waals surface area contributed by atoms with Crippen molar-refractivity contribution < 1.29 is 4.79 Å². The van der Waals surface area contributed by atoms with Crippen molar-refractivity contribution in [1.29, 1.82) is 0 Å². The molecule has 1 aliphatic carbocycles. The van der Waals surface area contributed by atoms with E-state index in [4.69, 9.17) is 4.98 Å². The molecule has 0 aromatic carbocycles. The minimum atomic E-state index is 0.0613. The first-order chi connectivity index (χ1) is 9.85. The molecule has 2 heterocycles. The molecule has 0 radical (unpaired) electrons. The topological polar surface area (TPSA) is 36.4 Å². The minimum Gasteiger partial charge on any atom is -0.346 e. The molecular formula is C16H25N3OS. The van der Waals surface area contributed by atoms with Crippen LogP contribution in [0.3, 0.4) is 0 Å². The van der Waals surface area contributed by atoms with Gasteiger partial charge in [0.1, 0.15) is 0 Å². The zero-order valence-corrected chi connectivity index (χ0v) is 14.3. The Kier molecular flexibility index (Phi) is 3.82. The summed E-state index contributed by atoms with van der Waals surface area (Å²) >= 11 is 1.61. The van der Waals surface area contributed by atoms with Crippen molar-refractivity contribution in [2.75, 3.05) is 31.1 Å². The van der Waals surface area contributed by atoms with Gasteiger partial charge in [-0.3, -0.25) is 9.69 Å². The van der Waals surface area contributed by atoms with Crippen molar-refractivity contribution in [2.24, 2.45) is 5.41 Å². The van der Waals surface area contributed by atoms with Crippen LogP contribution < -0.4 is 4.90 Å². The monoisotopic (exact) mass is 307 g/mol. The second-order valence-electron chi connectivity index (χ2n) is 7.33. The van der Waals surface area contributed by atoms with Crippen LogP contribution in [0.2, 0.25) is 0 Å². The van der Waals surface area contributed by atoms with E-state index in [0.717, 1.165) is 48.3 Å². The van der Waals surface area contributed by atoms with Crippen LogP contribution in [0.1, 0.15) is 49.5 Å². The molecule has 0 N–H and O–H groups in total. The van der Waals surface area contributed by atoms with Gasteiger partial charge in [0, 0.05) is 38.6 Å². The molecule has 0 bridgehead atoms. The van der Waals surface area contributed by atoms with E-state index in [1.165, 1.54) is 0 Å². The van der Waals surface area contributed by atoms with E-state index in [1.807, 2.05) is 0 Å². The molecule has 1 aromatic heterocycles. The number of ketones is 1. The Hall–Kier alpha value is -0.940. The molecule has 1 saturated heterocycles. The average molecular weight is 307 g/mol. The lowest BCUT2D eigenvalue weighted by Gasteiger charge is -2.36. The van der Waals surface area contributed by atoms with Crippen LogP contribution in [0.15, 0.2) is 0 Å². The number of hydrogen-bond donors (Lipinski definition) is 0. The van der Waals surface area contributed by atoms with Crippen molar-refractivity contribution in [3.05, 3.63) is 10.6 Å². The molecule has 4 nitrogen and oxygen atoms in total. The van der Waals surface area contributed by atoms with Gasteiger partial charge in [-0.15, -0.1) is 0 Å². The van der Waals surface area contributed by atoms with Crippen molar-refractivity contribution in [1.82, 2.24) is 9.88 Å². The minimum absolute atomic E-state index is 0.0613. The lowest BCUT2D eigenvalue weighted by molar-refractivity contribution is 0.0916. The summed E-state index contributed by atoms with van der Waals surface area (Å²) in [5.74, 6) is 0.283. The Morgan fingerprint density at radius 2 is 1.81 bits per heavy atom. The highest BCUT2D eigenvalue weighted by Crippen LogP contribution is 2.39. The molecule has 1 aromatic rings. The highest BCUT2D eigenvalue weighted by atomic mass is 32.1. The van der Waals surface area contributed by atoms with Gasteiger partial charge in [-0.05, 0) is 25.7 Å². The normalized spacial score (nSPS) is 22.7. The van der Waals surface area contributed by atoms with Crippen LogP contribution in [0.25, 0.3) is 0 Å². The van der Waals surface area contributed by atoms with Gasteiger partial charge in [-0.2, -0.15) is 0 Å². The average Bonchev–Trinajstić information content (AvgIpc) is 2.81. The van der Waals surface area contributed by atoms with Crippen molar-refractivity contribution in [3.8, 4) is 0 Å². The van der Waals surface area contributed by atoms with E-state index in [2.05, 4.69) is 37.5 Å². The summed E-state index contributed by atoms with van der Waals surface area (Å²) < 4.78 is 0. The van der Waals surface area contributed by atoms with Gasteiger partial charge in [0.05, 0.1) is 10.6 Å². The molecule has 0 amide bonds. The number of aromatic nitrogens is 1. The van der Waals surface area contributed by atoms with Gasteiger partial charge >= 0.3 is 0 Å². The van der Waals surface area contributed by atoms with Crippen LogP contribution in [-0.4, -0.2) is 47.9 Å². The number of anilines is 1. The first-order valence-electron chi connectivity index (χ1n) is 7.88. The maximum Gasteiger partial charge on any atom is 0.186 e. The molecule has 0 saturated carbocycles.